The summed E-state index contributed by atoms with van der Waals surface area (Å²) in [6.45, 7) is 0. The fraction of sp³-hybridized carbons (Fsp3) is 0.120. The molecule has 4 nitrogen and oxygen atoms in total. The summed E-state index contributed by atoms with van der Waals surface area (Å²) in [6.07, 6.45) is 0. The number of hydrogen-bond donors (Lipinski definition) is 0. The third-order valence-corrected chi connectivity index (χ3v) is 6.19. The molecular weight excluding hydrogens is 451 g/mol. The highest BCUT2D eigenvalue weighted by Gasteiger charge is 2.49. The summed E-state index contributed by atoms with van der Waals surface area (Å²) in [5.41, 5.74) is -2.50. The molecule has 0 N–H and O–H groups in total. The SMILES string of the molecule is CN(C)c1ccc2ccccc2c1-c1cc(-c2ccccc2)ccc1OS(=O)(=O)C(F)(F)F. The number of nitrogens with zero attached hydrogens (tertiary/aromatic N) is 1. The summed E-state index contributed by atoms with van der Waals surface area (Å²) >= 11 is 0. The largest absolute Gasteiger partial charge is 0.534 e. The van der Waals surface area contributed by atoms with Crippen molar-refractivity contribution in [3.8, 4) is 28.0 Å². The van der Waals surface area contributed by atoms with Gasteiger partial charge in [0.25, 0.3) is 0 Å². The average Bonchev–Trinajstić information content (AvgIpc) is 2.78. The van der Waals surface area contributed by atoms with Crippen LogP contribution in [-0.4, -0.2) is 28.0 Å². The first-order valence-electron chi connectivity index (χ1n) is 9.98. The predicted octanol–water partition coefficient (Wildman–Crippen LogP) is 6.47. The molecule has 0 amide bonds. The topological polar surface area (TPSA) is 46.6 Å². The first-order valence-corrected chi connectivity index (χ1v) is 11.4. The Labute approximate surface area is 190 Å². The molecule has 0 spiro atoms. The van der Waals surface area contributed by atoms with Crippen molar-refractivity contribution in [2.45, 2.75) is 5.51 Å². The molecule has 0 heterocycles. The van der Waals surface area contributed by atoms with Crippen molar-refractivity contribution >= 4 is 26.6 Å². The van der Waals surface area contributed by atoms with Gasteiger partial charge in [0, 0.05) is 30.9 Å². The van der Waals surface area contributed by atoms with Crippen LogP contribution in [0.25, 0.3) is 33.0 Å². The minimum Gasteiger partial charge on any atom is -0.377 e. The predicted molar refractivity (Wildman–Crippen MR) is 125 cm³/mol. The smallest absolute Gasteiger partial charge is 0.377 e. The highest BCUT2D eigenvalue weighted by Crippen LogP contribution is 2.44. The average molecular weight is 472 g/mol. The zero-order valence-electron chi connectivity index (χ0n) is 17.8. The van der Waals surface area contributed by atoms with Crippen LogP contribution < -0.4 is 9.08 Å². The van der Waals surface area contributed by atoms with Gasteiger partial charge < -0.3 is 9.08 Å². The van der Waals surface area contributed by atoms with Crippen molar-refractivity contribution in [2.75, 3.05) is 19.0 Å². The summed E-state index contributed by atoms with van der Waals surface area (Å²) in [6, 6.07) is 24.9. The highest BCUT2D eigenvalue weighted by molar-refractivity contribution is 7.88. The third kappa shape index (κ3) is 4.39. The molecule has 4 aromatic carbocycles. The quantitative estimate of drug-likeness (QED) is 0.247. The Bertz CT molecular complexity index is 1420. The number of fused-ring (bicyclic) bond motifs is 1. The van der Waals surface area contributed by atoms with Gasteiger partial charge >= 0.3 is 15.6 Å². The van der Waals surface area contributed by atoms with Crippen molar-refractivity contribution in [1.82, 2.24) is 0 Å². The summed E-state index contributed by atoms with van der Waals surface area (Å²) in [5, 5.41) is 1.61. The van der Waals surface area contributed by atoms with Gasteiger partial charge in [0.1, 0.15) is 0 Å². The van der Waals surface area contributed by atoms with E-state index in [1.54, 1.807) is 12.1 Å². The number of hydrogen-bond acceptors (Lipinski definition) is 4. The fourth-order valence-electron chi connectivity index (χ4n) is 3.69. The molecule has 0 aliphatic heterocycles. The van der Waals surface area contributed by atoms with Gasteiger partial charge in [0.05, 0.1) is 0 Å². The van der Waals surface area contributed by atoms with Crippen molar-refractivity contribution in [3.05, 3.63) is 84.9 Å². The van der Waals surface area contributed by atoms with Crippen LogP contribution in [0.15, 0.2) is 84.9 Å². The van der Waals surface area contributed by atoms with Crippen LogP contribution in [-0.2, 0) is 10.1 Å². The van der Waals surface area contributed by atoms with E-state index in [-0.39, 0.29) is 5.56 Å². The van der Waals surface area contributed by atoms with Crippen molar-refractivity contribution in [3.63, 3.8) is 0 Å². The number of alkyl halides is 3. The standard InChI is InChI=1S/C25H20F3NO3S/c1-29(2)22-14-12-18-10-6-7-11-20(18)24(22)21-16-19(17-8-4-3-5-9-17)13-15-23(21)32-33(30,31)25(26,27)28/h3-16H,1-2H3. The Morgan fingerprint density at radius 2 is 1.45 bits per heavy atom. The van der Waals surface area contributed by atoms with E-state index in [0.717, 1.165) is 16.3 Å². The first kappa shape index (κ1) is 22.7. The van der Waals surface area contributed by atoms with Crippen molar-refractivity contribution < 1.29 is 25.8 Å². The maximum Gasteiger partial charge on any atom is 0.534 e. The summed E-state index contributed by atoms with van der Waals surface area (Å²) in [7, 11) is -2.24. The fourth-order valence-corrected chi connectivity index (χ4v) is 4.17. The lowest BCUT2D eigenvalue weighted by atomic mass is 9.92. The lowest BCUT2D eigenvalue weighted by Crippen LogP contribution is -2.28. The van der Waals surface area contributed by atoms with Gasteiger partial charge in [-0.25, -0.2) is 0 Å². The Balaban J connectivity index is 2.05. The van der Waals surface area contributed by atoms with Crippen LogP contribution in [0.3, 0.4) is 0 Å². The summed E-state index contributed by atoms with van der Waals surface area (Å²) in [5.74, 6) is -0.397. The molecular formula is C25H20F3NO3S. The zero-order valence-corrected chi connectivity index (χ0v) is 18.6. The van der Waals surface area contributed by atoms with E-state index in [1.165, 1.54) is 6.07 Å². The van der Waals surface area contributed by atoms with Crippen LogP contribution in [0.4, 0.5) is 18.9 Å². The number of anilines is 1. The Morgan fingerprint density at radius 3 is 2.12 bits per heavy atom. The Hall–Kier alpha value is -3.52. The second kappa shape index (κ2) is 8.44. The van der Waals surface area contributed by atoms with E-state index < -0.39 is 21.4 Å². The van der Waals surface area contributed by atoms with Crippen LogP contribution >= 0.6 is 0 Å². The van der Waals surface area contributed by atoms with Crippen LogP contribution in [0.2, 0.25) is 0 Å². The molecule has 0 fully saturated rings. The van der Waals surface area contributed by atoms with Gasteiger partial charge in [0.2, 0.25) is 0 Å². The van der Waals surface area contributed by atoms with Crippen LogP contribution in [0.5, 0.6) is 5.75 Å². The second-order valence-electron chi connectivity index (χ2n) is 7.64. The van der Waals surface area contributed by atoms with Gasteiger partial charge in [-0.05, 0) is 40.1 Å². The molecule has 33 heavy (non-hydrogen) atoms. The minimum atomic E-state index is -5.86. The molecule has 0 aliphatic rings. The molecule has 0 unspecified atom stereocenters. The van der Waals surface area contributed by atoms with E-state index in [0.29, 0.717) is 16.8 Å². The molecule has 0 radical (unpaired) electrons. The van der Waals surface area contributed by atoms with Gasteiger partial charge in [-0.2, -0.15) is 21.6 Å². The maximum atomic E-state index is 13.1. The van der Waals surface area contributed by atoms with Gasteiger partial charge in [-0.3, -0.25) is 0 Å². The number of halogens is 3. The first-order chi connectivity index (χ1) is 15.6. The lowest BCUT2D eigenvalue weighted by Gasteiger charge is -2.22. The molecule has 0 aliphatic carbocycles. The second-order valence-corrected chi connectivity index (χ2v) is 9.17. The van der Waals surface area contributed by atoms with Gasteiger partial charge in [-0.1, -0.05) is 66.7 Å². The van der Waals surface area contributed by atoms with E-state index in [4.69, 9.17) is 0 Å². The van der Waals surface area contributed by atoms with Crippen molar-refractivity contribution in [1.29, 1.82) is 0 Å². The Kier molecular flexibility index (Phi) is 5.80. The lowest BCUT2D eigenvalue weighted by molar-refractivity contribution is -0.0499. The molecule has 0 bridgehead atoms. The molecule has 0 saturated carbocycles. The van der Waals surface area contributed by atoms with E-state index >= 15 is 0 Å². The highest BCUT2D eigenvalue weighted by atomic mass is 32.2. The maximum absolute atomic E-state index is 13.1. The monoisotopic (exact) mass is 471 g/mol. The molecule has 4 aromatic rings. The van der Waals surface area contributed by atoms with Gasteiger partial charge in [0.15, 0.2) is 5.75 Å². The van der Waals surface area contributed by atoms with Crippen molar-refractivity contribution in [2.24, 2.45) is 0 Å². The van der Waals surface area contributed by atoms with E-state index in [2.05, 4.69) is 4.18 Å². The minimum absolute atomic E-state index is 0.240. The zero-order chi connectivity index (χ0) is 23.8. The molecule has 4 rings (SSSR count). The molecule has 170 valence electrons. The normalized spacial score (nSPS) is 12.0. The summed E-state index contributed by atoms with van der Waals surface area (Å²) in [4.78, 5) is 1.82. The molecule has 0 saturated heterocycles. The summed E-state index contributed by atoms with van der Waals surface area (Å²) < 4.78 is 67.8. The molecule has 8 heteroatoms. The third-order valence-electron chi connectivity index (χ3n) is 5.23. The van der Waals surface area contributed by atoms with E-state index in [1.807, 2.05) is 85.7 Å². The number of benzene rings is 4. The van der Waals surface area contributed by atoms with E-state index in [9.17, 15) is 21.6 Å². The van der Waals surface area contributed by atoms with Crippen LogP contribution in [0, 0.1) is 0 Å². The van der Waals surface area contributed by atoms with Gasteiger partial charge in [-0.15, -0.1) is 0 Å². The van der Waals surface area contributed by atoms with Crippen LogP contribution in [0.1, 0.15) is 0 Å². The molecule has 0 atom stereocenters. The molecule has 0 aromatic heterocycles. The Morgan fingerprint density at radius 1 is 0.788 bits per heavy atom. The number of rotatable bonds is 5.